The summed E-state index contributed by atoms with van der Waals surface area (Å²) in [5, 5.41) is 18.1. The van der Waals surface area contributed by atoms with Crippen LogP contribution in [0.3, 0.4) is 0 Å². The number of pyridine rings is 1. The van der Waals surface area contributed by atoms with E-state index in [0.717, 1.165) is 51.1 Å². The molecule has 1 N–H and O–H groups in total. The number of carbonyl (C=O) groups is 1. The van der Waals surface area contributed by atoms with Crippen molar-refractivity contribution >= 4 is 22.7 Å². The third-order valence-electron chi connectivity index (χ3n) is 5.96. The summed E-state index contributed by atoms with van der Waals surface area (Å²) < 4.78 is 1.97. The molecule has 1 aliphatic carbocycles. The molecule has 0 atom stereocenters. The Labute approximate surface area is 185 Å². The molecular formula is C27H20N4O. The van der Waals surface area contributed by atoms with Gasteiger partial charge in [0.25, 0.3) is 0 Å². The number of benzene rings is 2. The van der Waals surface area contributed by atoms with E-state index < -0.39 is 0 Å². The normalized spacial score (nSPS) is 13.2. The lowest BCUT2D eigenvalue weighted by Gasteiger charge is -2.11. The van der Waals surface area contributed by atoms with Crippen LogP contribution in [0.5, 0.6) is 0 Å². The molecule has 2 aromatic heterocycles. The van der Waals surface area contributed by atoms with Crippen LogP contribution in [0, 0.1) is 23.7 Å². The summed E-state index contributed by atoms with van der Waals surface area (Å²) in [5.41, 5.74) is 8.04. The standard InChI is InChI=1S/C27H20N4O/c1-17-2-4-18(5-3-17)27(29)23(12-13-28)21-8-11-26-30-15-24(31(26)16-21)20-6-9-22-19(14-20)7-10-25(22)32/h2-6,8-9,11-12,14-16,29H,7,10H2,1H3/b23-12-,29-27?. The molecule has 4 aromatic rings. The second kappa shape index (κ2) is 7.75. The molecule has 0 bridgehead atoms. The van der Waals surface area contributed by atoms with Gasteiger partial charge in [0.05, 0.1) is 23.7 Å². The molecule has 0 amide bonds. The van der Waals surface area contributed by atoms with Gasteiger partial charge in [-0.2, -0.15) is 5.26 Å². The Kier molecular flexibility index (Phi) is 4.76. The van der Waals surface area contributed by atoms with Crippen LogP contribution >= 0.6 is 0 Å². The Morgan fingerprint density at radius 1 is 1.09 bits per heavy atom. The van der Waals surface area contributed by atoms with Crippen LogP contribution in [-0.4, -0.2) is 20.9 Å². The Balaban J connectivity index is 1.59. The summed E-state index contributed by atoms with van der Waals surface area (Å²) in [6.45, 7) is 2.00. The lowest BCUT2D eigenvalue weighted by Crippen LogP contribution is -2.04. The number of carbonyl (C=O) groups excluding carboxylic acids is 1. The number of aryl methyl sites for hydroxylation is 2. The third-order valence-corrected chi connectivity index (χ3v) is 5.96. The van der Waals surface area contributed by atoms with Crippen LogP contribution in [-0.2, 0) is 6.42 Å². The fourth-order valence-corrected chi connectivity index (χ4v) is 4.21. The molecule has 2 heterocycles. The van der Waals surface area contributed by atoms with Crippen LogP contribution in [0.25, 0.3) is 22.5 Å². The van der Waals surface area contributed by atoms with Crippen LogP contribution in [0.2, 0.25) is 0 Å². The van der Waals surface area contributed by atoms with Crippen molar-refractivity contribution in [1.82, 2.24) is 9.38 Å². The van der Waals surface area contributed by atoms with Crippen molar-refractivity contribution in [2.45, 2.75) is 19.8 Å². The fraction of sp³-hybridized carbons (Fsp3) is 0.111. The van der Waals surface area contributed by atoms with Crippen LogP contribution in [0.1, 0.15) is 39.0 Å². The molecule has 5 nitrogen and oxygen atoms in total. The molecule has 5 heteroatoms. The van der Waals surface area contributed by atoms with Gasteiger partial charge in [-0.25, -0.2) is 4.98 Å². The smallest absolute Gasteiger partial charge is 0.163 e. The quantitative estimate of drug-likeness (QED) is 0.356. The van der Waals surface area contributed by atoms with Crippen molar-refractivity contribution in [2.24, 2.45) is 0 Å². The van der Waals surface area contributed by atoms with Crippen LogP contribution < -0.4 is 0 Å². The Hall–Kier alpha value is -4.30. The highest BCUT2D eigenvalue weighted by molar-refractivity contribution is 6.30. The second-order valence-corrected chi connectivity index (χ2v) is 8.01. The molecule has 0 radical (unpaired) electrons. The minimum Gasteiger partial charge on any atom is -0.300 e. The maximum atomic E-state index is 12.0. The zero-order chi connectivity index (χ0) is 22.2. The minimum atomic E-state index is 0.202. The van der Waals surface area contributed by atoms with E-state index in [1.807, 2.05) is 72.2 Å². The van der Waals surface area contributed by atoms with Gasteiger partial charge in [-0.15, -0.1) is 0 Å². The Morgan fingerprint density at radius 3 is 2.66 bits per heavy atom. The topological polar surface area (TPSA) is 82.0 Å². The molecule has 0 unspecified atom stereocenters. The Bertz CT molecular complexity index is 1470. The number of nitriles is 1. The van der Waals surface area contributed by atoms with E-state index >= 15 is 0 Å². The van der Waals surface area contributed by atoms with Gasteiger partial charge >= 0.3 is 0 Å². The third kappa shape index (κ3) is 3.32. The highest BCUT2D eigenvalue weighted by atomic mass is 16.1. The molecule has 1 aliphatic rings. The summed E-state index contributed by atoms with van der Waals surface area (Å²) in [6, 6.07) is 19.5. The van der Waals surface area contributed by atoms with Crippen molar-refractivity contribution in [1.29, 1.82) is 10.7 Å². The SMILES string of the molecule is Cc1ccc(C(=N)/C(=C\C#N)c2ccc3ncc(-c4ccc5c(c4)CCC5=O)n3c2)cc1. The average molecular weight is 416 g/mol. The van der Waals surface area contributed by atoms with Gasteiger partial charge in [-0.3, -0.25) is 14.6 Å². The molecule has 5 rings (SSSR count). The Morgan fingerprint density at radius 2 is 1.88 bits per heavy atom. The first-order chi connectivity index (χ1) is 15.5. The predicted molar refractivity (Wildman–Crippen MR) is 125 cm³/mol. The number of nitrogens with zero attached hydrogens (tertiary/aromatic N) is 3. The van der Waals surface area contributed by atoms with E-state index in [1.54, 1.807) is 0 Å². The van der Waals surface area contributed by atoms with E-state index in [4.69, 9.17) is 5.41 Å². The number of Topliss-reactive ketones (excluding diaryl/α,β-unsaturated/α-hetero) is 1. The van der Waals surface area contributed by atoms with E-state index in [9.17, 15) is 10.1 Å². The van der Waals surface area contributed by atoms with Crippen molar-refractivity contribution in [2.75, 3.05) is 0 Å². The number of rotatable bonds is 4. The first kappa shape index (κ1) is 19.7. The number of imidazole rings is 1. The molecule has 32 heavy (non-hydrogen) atoms. The molecular weight excluding hydrogens is 396 g/mol. The maximum Gasteiger partial charge on any atom is 0.163 e. The first-order valence-corrected chi connectivity index (χ1v) is 10.4. The molecule has 0 saturated heterocycles. The van der Waals surface area contributed by atoms with Gasteiger partial charge in [0.15, 0.2) is 5.78 Å². The number of aromatic nitrogens is 2. The first-order valence-electron chi connectivity index (χ1n) is 10.4. The van der Waals surface area contributed by atoms with Gasteiger partial charge in [-0.1, -0.05) is 42.0 Å². The summed E-state index contributed by atoms with van der Waals surface area (Å²) in [7, 11) is 0. The zero-order valence-electron chi connectivity index (χ0n) is 17.6. The van der Waals surface area contributed by atoms with E-state index in [1.165, 1.54) is 6.08 Å². The van der Waals surface area contributed by atoms with Crippen LogP contribution in [0.4, 0.5) is 0 Å². The van der Waals surface area contributed by atoms with Crippen molar-refractivity contribution in [3.8, 4) is 17.3 Å². The number of ketones is 1. The molecule has 2 aromatic carbocycles. The van der Waals surface area contributed by atoms with Crippen molar-refractivity contribution in [3.05, 3.63) is 101 Å². The van der Waals surface area contributed by atoms with Crippen molar-refractivity contribution < 1.29 is 4.79 Å². The van der Waals surface area contributed by atoms with Gasteiger partial charge in [-0.05, 0) is 37.1 Å². The lowest BCUT2D eigenvalue weighted by molar-refractivity contribution is 0.0994. The molecule has 0 fully saturated rings. The number of allylic oxidation sites excluding steroid dienone is 2. The van der Waals surface area contributed by atoms with Crippen molar-refractivity contribution in [3.63, 3.8) is 0 Å². The van der Waals surface area contributed by atoms with Gasteiger partial charge in [0.2, 0.25) is 0 Å². The number of nitrogens with one attached hydrogen (secondary N) is 1. The summed E-state index contributed by atoms with van der Waals surface area (Å²) >= 11 is 0. The van der Waals surface area contributed by atoms with Gasteiger partial charge in [0.1, 0.15) is 5.65 Å². The average Bonchev–Trinajstić information content (AvgIpc) is 3.40. The minimum absolute atomic E-state index is 0.202. The fourth-order valence-electron chi connectivity index (χ4n) is 4.21. The van der Waals surface area contributed by atoms with Gasteiger partial charge in [0, 0.05) is 46.5 Å². The van der Waals surface area contributed by atoms with E-state index in [0.29, 0.717) is 17.7 Å². The van der Waals surface area contributed by atoms with Crippen LogP contribution in [0.15, 0.2) is 73.1 Å². The molecule has 0 spiro atoms. The molecule has 154 valence electrons. The second-order valence-electron chi connectivity index (χ2n) is 8.01. The summed E-state index contributed by atoms with van der Waals surface area (Å²) in [6.07, 6.45) is 6.49. The summed E-state index contributed by atoms with van der Waals surface area (Å²) in [4.78, 5) is 16.5. The van der Waals surface area contributed by atoms with Gasteiger partial charge < -0.3 is 0 Å². The maximum absolute atomic E-state index is 12.0. The number of hydrogen-bond acceptors (Lipinski definition) is 4. The highest BCUT2D eigenvalue weighted by Crippen LogP contribution is 2.30. The number of fused-ring (bicyclic) bond motifs is 2. The highest BCUT2D eigenvalue weighted by Gasteiger charge is 2.20. The molecule has 0 aliphatic heterocycles. The van der Waals surface area contributed by atoms with E-state index in [2.05, 4.69) is 17.1 Å². The monoisotopic (exact) mass is 416 g/mol. The number of hydrogen-bond donors (Lipinski definition) is 1. The molecule has 0 saturated carbocycles. The van der Waals surface area contributed by atoms with E-state index in [-0.39, 0.29) is 5.78 Å². The predicted octanol–water partition coefficient (Wildman–Crippen LogP) is 5.41. The zero-order valence-corrected chi connectivity index (χ0v) is 17.6. The summed E-state index contributed by atoms with van der Waals surface area (Å²) in [5.74, 6) is 0.202. The largest absolute Gasteiger partial charge is 0.300 e. The lowest BCUT2D eigenvalue weighted by atomic mass is 9.96.